The molecule has 3 aromatic rings. The van der Waals surface area contributed by atoms with Crippen LogP contribution < -0.4 is 10.6 Å². The first-order chi connectivity index (χ1) is 20.8. The lowest BCUT2D eigenvalue weighted by atomic mass is 9.90. The molecule has 4 amide bonds. The lowest BCUT2D eigenvalue weighted by Crippen LogP contribution is -2.58. The van der Waals surface area contributed by atoms with E-state index in [4.69, 9.17) is 4.74 Å². The Labute approximate surface area is 249 Å². The maximum absolute atomic E-state index is 13.8. The Morgan fingerprint density at radius 2 is 1.81 bits per heavy atom. The van der Waals surface area contributed by atoms with Crippen molar-refractivity contribution in [3.05, 3.63) is 59.9 Å². The Morgan fingerprint density at radius 3 is 2.53 bits per heavy atom. The van der Waals surface area contributed by atoms with Crippen LogP contribution in [0.25, 0.3) is 11.4 Å². The smallest absolute Gasteiger partial charge is 0.319 e. The highest BCUT2D eigenvalue weighted by Gasteiger charge is 2.38. The summed E-state index contributed by atoms with van der Waals surface area (Å²) in [6, 6.07) is 11.8. The number of hydrogen-bond acceptors (Lipinski definition) is 7. The second-order valence-electron chi connectivity index (χ2n) is 11.1. The van der Waals surface area contributed by atoms with Crippen LogP contribution in [0, 0.1) is 17.7 Å². The van der Waals surface area contributed by atoms with Gasteiger partial charge in [-0.3, -0.25) is 9.59 Å². The number of hydrogen-bond donors (Lipinski definition) is 2. The second kappa shape index (κ2) is 13.7. The van der Waals surface area contributed by atoms with Crippen molar-refractivity contribution in [2.24, 2.45) is 18.9 Å². The van der Waals surface area contributed by atoms with E-state index in [1.165, 1.54) is 16.8 Å². The normalized spacial score (nSPS) is 18.5. The molecule has 3 atom stereocenters. The van der Waals surface area contributed by atoms with Gasteiger partial charge in [0.05, 0.1) is 19.1 Å². The van der Waals surface area contributed by atoms with E-state index in [0.717, 1.165) is 24.8 Å². The van der Waals surface area contributed by atoms with Crippen molar-refractivity contribution in [3.63, 3.8) is 0 Å². The number of piperidine rings is 1. The van der Waals surface area contributed by atoms with Gasteiger partial charge in [0.1, 0.15) is 11.9 Å². The minimum absolute atomic E-state index is 0.188. The molecule has 0 unspecified atom stereocenters. The Bertz CT molecular complexity index is 1430. The lowest BCUT2D eigenvalue weighted by Gasteiger charge is -2.37. The van der Waals surface area contributed by atoms with E-state index < -0.39 is 18.0 Å². The molecule has 43 heavy (non-hydrogen) atoms. The van der Waals surface area contributed by atoms with Crippen LogP contribution in [0.2, 0.25) is 0 Å². The minimum atomic E-state index is -1.07. The number of amides is 4. The number of benzene rings is 2. The number of nitrogens with zero attached hydrogens (tertiary/aromatic N) is 6. The molecule has 2 fully saturated rings. The summed E-state index contributed by atoms with van der Waals surface area (Å²) in [5.74, 6) is -0.840. The molecule has 0 saturated carbocycles. The van der Waals surface area contributed by atoms with Gasteiger partial charge in [-0.1, -0.05) is 31.2 Å². The van der Waals surface area contributed by atoms with Crippen molar-refractivity contribution < 1.29 is 23.5 Å². The predicted octanol–water partition coefficient (Wildman–Crippen LogP) is 2.48. The molecule has 0 radical (unpaired) electrons. The number of rotatable bonds is 8. The molecule has 228 valence electrons. The highest BCUT2D eigenvalue weighted by molar-refractivity contribution is 5.97. The highest BCUT2D eigenvalue weighted by Crippen LogP contribution is 2.24. The van der Waals surface area contributed by atoms with E-state index in [9.17, 15) is 18.8 Å². The van der Waals surface area contributed by atoms with Crippen LogP contribution in [-0.4, -0.2) is 93.3 Å². The summed E-state index contributed by atoms with van der Waals surface area (Å²) >= 11 is 0. The summed E-state index contributed by atoms with van der Waals surface area (Å²) in [7, 11) is 1.72. The van der Waals surface area contributed by atoms with Crippen LogP contribution in [0.4, 0.5) is 14.9 Å². The number of halogens is 1. The van der Waals surface area contributed by atoms with Crippen LogP contribution in [0.5, 0.6) is 0 Å². The van der Waals surface area contributed by atoms with Gasteiger partial charge in [-0.25, -0.2) is 13.9 Å². The van der Waals surface area contributed by atoms with Gasteiger partial charge in [0.25, 0.3) is 0 Å². The van der Waals surface area contributed by atoms with E-state index in [2.05, 4.69) is 26.2 Å². The molecule has 2 aliphatic rings. The largest absolute Gasteiger partial charge is 0.378 e. The number of nitrogens with one attached hydrogen (secondary N) is 2. The fourth-order valence-corrected chi connectivity index (χ4v) is 5.72. The Hall–Kier alpha value is -4.39. The number of likely N-dealkylation sites (tertiary alicyclic amines) is 1. The molecule has 2 N–H and O–H groups in total. The van der Waals surface area contributed by atoms with Crippen LogP contribution in [0.1, 0.15) is 25.3 Å². The van der Waals surface area contributed by atoms with Crippen molar-refractivity contribution in [2.45, 2.75) is 32.2 Å². The molecule has 0 aliphatic carbocycles. The molecule has 2 aliphatic heterocycles. The maximum Gasteiger partial charge on any atom is 0.319 e. The number of morpholine rings is 1. The van der Waals surface area contributed by atoms with Gasteiger partial charge in [0.2, 0.25) is 11.8 Å². The first-order valence-electron chi connectivity index (χ1n) is 14.6. The van der Waals surface area contributed by atoms with Gasteiger partial charge >= 0.3 is 6.03 Å². The SMILES string of the molecule is C[C@@H](C(=O)N1CCC[C@@H](Cc2ccc(F)cc2)C1)[C@H](NC(=O)Nc1cccc(-c2nnnn2C)c1)C(=O)N1CCOCC1. The first kappa shape index (κ1) is 30.1. The molecular weight excluding hydrogens is 555 g/mol. The van der Waals surface area contributed by atoms with Crippen molar-refractivity contribution in [1.82, 2.24) is 35.3 Å². The van der Waals surface area contributed by atoms with E-state index in [1.807, 2.05) is 6.07 Å². The summed E-state index contributed by atoms with van der Waals surface area (Å²) in [6.07, 6.45) is 2.52. The number of aryl methyl sites for hydroxylation is 1. The van der Waals surface area contributed by atoms with E-state index in [-0.39, 0.29) is 23.5 Å². The average molecular weight is 593 g/mol. The van der Waals surface area contributed by atoms with Crippen LogP contribution in [0.15, 0.2) is 48.5 Å². The van der Waals surface area contributed by atoms with E-state index in [0.29, 0.717) is 56.5 Å². The van der Waals surface area contributed by atoms with E-state index >= 15 is 0 Å². The standard InChI is InChI=1S/C30H37FN8O4/c1-20(28(40)39-12-4-5-22(19-39)17-21-8-10-24(31)11-9-21)26(29(41)38-13-15-43-16-14-38)33-30(42)32-25-7-3-6-23(18-25)27-34-35-36-37(27)2/h3,6-11,18,20,22,26H,4-5,12-17,19H2,1-2H3,(H2,32,33,42)/t20-,22+,26+/m1/s1. The van der Waals surface area contributed by atoms with Gasteiger partial charge < -0.3 is 25.2 Å². The van der Waals surface area contributed by atoms with Gasteiger partial charge in [0, 0.05) is 44.5 Å². The maximum atomic E-state index is 13.8. The fourth-order valence-electron chi connectivity index (χ4n) is 5.72. The quantitative estimate of drug-likeness (QED) is 0.411. The zero-order chi connectivity index (χ0) is 30.3. The fraction of sp³-hybridized carbons (Fsp3) is 0.467. The average Bonchev–Trinajstić information content (AvgIpc) is 3.46. The van der Waals surface area contributed by atoms with Crippen LogP contribution in [0.3, 0.4) is 0 Å². The third-order valence-corrected chi connectivity index (χ3v) is 8.03. The zero-order valence-corrected chi connectivity index (χ0v) is 24.4. The number of carbonyl (C=O) groups excluding carboxylic acids is 3. The summed E-state index contributed by atoms with van der Waals surface area (Å²) in [6.45, 7) is 4.37. The third kappa shape index (κ3) is 7.53. The molecular formula is C30H37FN8O4. The van der Waals surface area contributed by atoms with Gasteiger partial charge in [0.15, 0.2) is 5.82 Å². The highest BCUT2D eigenvalue weighted by atomic mass is 19.1. The van der Waals surface area contributed by atoms with Crippen LogP contribution >= 0.6 is 0 Å². The summed E-state index contributed by atoms with van der Waals surface area (Å²) in [4.78, 5) is 44.2. The molecule has 3 heterocycles. The first-order valence-corrected chi connectivity index (χ1v) is 14.6. The number of tetrazole rings is 1. The number of carbonyl (C=O) groups is 3. The second-order valence-corrected chi connectivity index (χ2v) is 11.1. The third-order valence-electron chi connectivity index (χ3n) is 8.03. The number of aromatic nitrogens is 4. The van der Waals surface area contributed by atoms with E-state index in [1.54, 1.807) is 54.1 Å². The molecule has 12 nitrogen and oxygen atoms in total. The summed E-state index contributed by atoms with van der Waals surface area (Å²) in [5, 5.41) is 17.1. The van der Waals surface area contributed by atoms with Crippen molar-refractivity contribution in [3.8, 4) is 11.4 Å². The molecule has 0 spiro atoms. The monoisotopic (exact) mass is 592 g/mol. The van der Waals surface area contributed by atoms with Gasteiger partial charge in [-0.15, -0.1) is 5.10 Å². The minimum Gasteiger partial charge on any atom is -0.378 e. The molecule has 1 aromatic heterocycles. The predicted molar refractivity (Wildman–Crippen MR) is 156 cm³/mol. The molecule has 13 heteroatoms. The molecule has 2 aromatic carbocycles. The number of ether oxygens (including phenoxy) is 1. The number of anilines is 1. The lowest BCUT2D eigenvalue weighted by molar-refractivity contribution is -0.146. The topological polar surface area (TPSA) is 135 Å². The summed E-state index contributed by atoms with van der Waals surface area (Å²) in [5.41, 5.74) is 2.20. The Kier molecular flexibility index (Phi) is 9.60. The number of urea groups is 1. The van der Waals surface area contributed by atoms with Gasteiger partial charge in [-0.2, -0.15) is 0 Å². The molecule has 5 rings (SSSR count). The van der Waals surface area contributed by atoms with Crippen molar-refractivity contribution in [1.29, 1.82) is 0 Å². The Morgan fingerprint density at radius 1 is 1.05 bits per heavy atom. The van der Waals surface area contributed by atoms with Crippen LogP contribution in [-0.2, 0) is 27.8 Å². The van der Waals surface area contributed by atoms with Gasteiger partial charge in [-0.05, 0) is 65.4 Å². The Balaban J connectivity index is 1.28. The molecule has 0 bridgehead atoms. The van der Waals surface area contributed by atoms with Crippen molar-refractivity contribution >= 4 is 23.5 Å². The van der Waals surface area contributed by atoms with Crippen molar-refractivity contribution in [2.75, 3.05) is 44.7 Å². The molecule has 2 saturated heterocycles. The summed E-state index contributed by atoms with van der Waals surface area (Å²) < 4.78 is 20.3. The zero-order valence-electron chi connectivity index (χ0n) is 24.4.